The highest BCUT2D eigenvalue weighted by Gasteiger charge is 2.53. The number of likely N-dealkylation sites (N-methyl/N-ethyl adjacent to an activating group) is 2. The van der Waals surface area contributed by atoms with Crippen molar-refractivity contribution in [1.82, 2.24) is 14.8 Å². The van der Waals surface area contributed by atoms with E-state index in [0.717, 1.165) is 0 Å². The number of aliphatic hydroxyl groups is 5. The van der Waals surface area contributed by atoms with Crippen molar-refractivity contribution in [2.75, 3.05) is 60.2 Å². The Morgan fingerprint density at radius 3 is 2.24 bits per heavy atom. The number of hydrogen-bond donors (Lipinski definition) is 5. The molecule has 4 aliphatic rings. The molecule has 21 heteroatoms. The van der Waals surface area contributed by atoms with Crippen LogP contribution in [0.4, 0.5) is 0 Å². The number of rotatable bonds is 16. The summed E-state index contributed by atoms with van der Waals surface area (Å²) in [5, 5.41) is 70.5. The Hall–Kier alpha value is -2.64. The molecule has 1 aromatic rings. The standard InChI is InChI=1S/C51H89N5O15S/c1-15-40-51(10,62)44(58)34(6)55(12)28-30(2)26-49(8,61)46(32(4)43(33(5)47(60)69-40)70-41-27-50(9,65-13)45(59)35(7)68-41)71-48-42(57)39(25-31(3)67-48)54(11)23-21-36-29-56(53-52-36)22-16-24-66-37-17-19-38(20-18-37)72(14,63)64/h17-20,30-36,39-46,48,57-59,61-62H,15-16,21-29H2,1-14H3/t30-,31-,32+,33-,34-,35+,36?,39+,40-,41+,42-,43+,44-,45+,46-,48+,49-,50-,51-/m1/s1. The first-order valence-corrected chi connectivity index (χ1v) is 27.8. The van der Waals surface area contributed by atoms with Gasteiger partial charge in [0, 0.05) is 63.8 Å². The van der Waals surface area contributed by atoms with Gasteiger partial charge in [-0.2, -0.15) is 5.11 Å². The van der Waals surface area contributed by atoms with Crippen LogP contribution >= 0.6 is 0 Å². The lowest BCUT2D eigenvalue weighted by atomic mass is 9.77. The van der Waals surface area contributed by atoms with Gasteiger partial charge in [0.2, 0.25) is 0 Å². The molecule has 0 saturated carbocycles. The number of cyclic esters (lactones) is 1. The number of sulfone groups is 1. The van der Waals surface area contributed by atoms with Crippen LogP contribution in [0.3, 0.4) is 0 Å². The van der Waals surface area contributed by atoms with Gasteiger partial charge in [-0.25, -0.2) is 8.42 Å². The highest BCUT2D eigenvalue weighted by Crippen LogP contribution is 2.40. The van der Waals surface area contributed by atoms with Crippen molar-refractivity contribution in [1.29, 1.82) is 0 Å². The average molecular weight is 1040 g/mol. The van der Waals surface area contributed by atoms with Gasteiger partial charge < -0.3 is 68.5 Å². The van der Waals surface area contributed by atoms with Gasteiger partial charge >= 0.3 is 5.97 Å². The van der Waals surface area contributed by atoms with E-state index in [4.69, 9.17) is 33.2 Å². The molecule has 20 nitrogen and oxygen atoms in total. The third-order valence-electron chi connectivity index (χ3n) is 15.8. The van der Waals surface area contributed by atoms with Crippen LogP contribution in [0.2, 0.25) is 0 Å². The highest BCUT2D eigenvalue weighted by molar-refractivity contribution is 7.90. The average Bonchev–Trinajstić information content (AvgIpc) is 3.78. The van der Waals surface area contributed by atoms with Crippen LogP contribution in [-0.4, -0.2) is 211 Å². The Balaban J connectivity index is 1.34. The predicted molar refractivity (Wildman–Crippen MR) is 268 cm³/mol. The van der Waals surface area contributed by atoms with Gasteiger partial charge in [0.25, 0.3) is 0 Å². The fourth-order valence-corrected chi connectivity index (χ4v) is 11.8. The van der Waals surface area contributed by atoms with Crippen LogP contribution in [0.15, 0.2) is 39.5 Å². The first kappa shape index (κ1) is 60.2. The van der Waals surface area contributed by atoms with Crippen LogP contribution in [0.25, 0.3) is 0 Å². The zero-order valence-electron chi connectivity index (χ0n) is 45.3. The van der Waals surface area contributed by atoms with Crippen molar-refractivity contribution < 1.29 is 71.9 Å². The Bertz CT molecular complexity index is 2020. The summed E-state index contributed by atoms with van der Waals surface area (Å²) in [6.07, 6.45) is -6.55. The number of carbonyl (C=O) groups is 1. The number of hydrogen-bond acceptors (Lipinski definition) is 20. The molecule has 4 aliphatic heterocycles. The van der Waals surface area contributed by atoms with E-state index in [-0.39, 0.29) is 42.2 Å². The molecule has 0 amide bonds. The van der Waals surface area contributed by atoms with Crippen LogP contribution < -0.4 is 4.74 Å². The zero-order valence-corrected chi connectivity index (χ0v) is 46.1. The van der Waals surface area contributed by atoms with Crippen molar-refractivity contribution in [2.45, 2.75) is 209 Å². The second kappa shape index (κ2) is 25.0. The van der Waals surface area contributed by atoms with E-state index >= 15 is 0 Å². The van der Waals surface area contributed by atoms with Crippen molar-refractivity contribution in [3.8, 4) is 5.75 Å². The van der Waals surface area contributed by atoms with Crippen LogP contribution in [0, 0.1) is 17.8 Å². The van der Waals surface area contributed by atoms with E-state index in [0.29, 0.717) is 57.8 Å². The van der Waals surface area contributed by atoms with Gasteiger partial charge in [-0.05, 0) is 118 Å². The zero-order chi connectivity index (χ0) is 53.7. The van der Waals surface area contributed by atoms with E-state index in [2.05, 4.69) is 15.2 Å². The van der Waals surface area contributed by atoms with Gasteiger partial charge in [0.1, 0.15) is 35.8 Å². The lowest BCUT2D eigenvalue weighted by Gasteiger charge is -2.49. The Labute approximate surface area is 428 Å². The largest absolute Gasteiger partial charge is 0.494 e. The van der Waals surface area contributed by atoms with Crippen LogP contribution in [0.5, 0.6) is 5.75 Å². The molecule has 0 bridgehead atoms. The second-order valence-electron chi connectivity index (χ2n) is 22.2. The summed E-state index contributed by atoms with van der Waals surface area (Å²) in [4.78, 5) is 18.7. The SMILES string of the molecule is CC[C@H]1OC(=O)[C@H](C)[C@@H](O[C@H]2C[C@@](C)(OC)[C@@H](O)[C@H](C)O2)[C@H](C)[C@@H](O[C@@H]2O[C@H](C)C[C@H](N(C)CCC3CN(CCCOc4ccc(S(C)(=O)=O)cc4)N=N3)[C@H]2O)[C@](C)(O)C[C@@H](C)CN(C)[C@H](C)[C@@H](O)[C@]1(C)O. The smallest absolute Gasteiger partial charge is 0.311 e. The molecule has 1 unspecified atom stereocenters. The normalized spacial score (nSPS) is 41.2. The van der Waals surface area contributed by atoms with Gasteiger partial charge in [-0.3, -0.25) is 9.80 Å². The maximum Gasteiger partial charge on any atom is 0.311 e. The number of carbonyl (C=O) groups excluding carboxylic acids is 1. The molecule has 5 N–H and O–H groups in total. The summed E-state index contributed by atoms with van der Waals surface area (Å²) < 4.78 is 67.6. The Kier molecular flexibility index (Phi) is 20.9. The fraction of sp³-hybridized carbons (Fsp3) is 0.863. The van der Waals surface area contributed by atoms with E-state index in [1.54, 1.807) is 53.7 Å². The van der Waals surface area contributed by atoms with Crippen molar-refractivity contribution in [3.63, 3.8) is 0 Å². The van der Waals surface area contributed by atoms with Crippen LogP contribution in [0.1, 0.15) is 108 Å². The number of benzene rings is 1. The van der Waals surface area contributed by atoms with E-state index in [1.165, 1.54) is 32.4 Å². The van der Waals surface area contributed by atoms with Crippen molar-refractivity contribution in [3.05, 3.63) is 24.3 Å². The first-order valence-electron chi connectivity index (χ1n) is 25.9. The summed E-state index contributed by atoms with van der Waals surface area (Å²) >= 11 is 0. The number of methoxy groups -OCH3 is 1. The molecule has 19 atom stereocenters. The summed E-state index contributed by atoms with van der Waals surface area (Å²) in [5.41, 5.74) is -4.54. The van der Waals surface area contributed by atoms with E-state index in [1.807, 2.05) is 44.8 Å². The topological polar surface area (TPSA) is 251 Å². The minimum absolute atomic E-state index is 0.0684. The number of esters is 1. The molecule has 72 heavy (non-hydrogen) atoms. The second-order valence-corrected chi connectivity index (χ2v) is 24.2. The molecular formula is C51H89N5O15S. The molecule has 1 aromatic carbocycles. The molecule has 3 saturated heterocycles. The molecule has 0 aromatic heterocycles. The van der Waals surface area contributed by atoms with Gasteiger partial charge in [-0.15, -0.1) is 0 Å². The quantitative estimate of drug-likeness (QED) is 0.117. The maximum absolute atomic E-state index is 14.5. The fourth-order valence-electron chi connectivity index (χ4n) is 11.1. The first-order chi connectivity index (χ1) is 33.5. The van der Waals surface area contributed by atoms with Gasteiger partial charge in [-0.1, -0.05) is 26.0 Å². The third kappa shape index (κ3) is 14.8. The molecule has 414 valence electrons. The highest BCUT2D eigenvalue weighted by atomic mass is 32.2. The molecule has 3 fully saturated rings. The Morgan fingerprint density at radius 1 is 0.944 bits per heavy atom. The molecule has 5 rings (SSSR count). The minimum atomic E-state index is -3.29. The lowest BCUT2D eigenvalue weighted by molar-refractivity contribution is -0.318. The minimum Gasteiger partial charge on any atom is -0.494 e. The van der Waals surface area contributed by atoms with Crippen LogP contribution in [-0.2, 0) is 43.1 Å². The third-order valence-corrected chi connectivity index (χ3v) is 16.9. The van der Waals surface area contributed by atoms with Crippen molar-refractivity contribution in [2.24, 2.45) is 28.1 Å². The molecule has 0 radical (unpaired) electrons. The number of nitrogens with zero attached hydrogens (tertiary/aromatic N) is 5. The number of aliphatic hydroxyl groups excluding tert-OH is 3. The van der Waals surface area contributed by atoms with E-state index in [9.17, 15) is 38.7 Å². The molecular weight excluding hydrogens is 955 g/mol. The van der Waals surface area contributed by atoms with Gasteiger partial charge in [0.15, 0.2) is 22.4 Å². The summed E-state index contributed by atoms with van der Waals surface area (Å²) in [6.45, 7) is 20.2. The summed E-state index contributed by atoms with van der Waals surface area (Å²) in [5.74, 6) is -2.21. The van der Waals surface area contributed by atoms with Gasteiger partial charge in [0.05, 0.1) is 65.6 Å². The maximum atomic E-state index is 14.5. The number of ether oxygens (including phenoxy) is 7. The molecule has 0 spiro atoms. The predicted octanol–water partition coefficient (Wildman–Crippen LogP) is 3.59. The Morgan fingerprint density at radius 2 is 1.61 bits per heavy atom. The summed E-state index contributed by atoms with van der Waals surface area (Å²) in [6, 6.07) is 5.29. The summed E-state index contributed by atoms with van der Waals surface area (Å²) in [7, 11) is 1.99. The van der Waals surface area contributed by atoms with E-state index < -0.39 is 112 Å². The molecule has 0 aliphatic carbocycles. The van der Waals surface area contributed by atoms with Crippen molar-refractivity contribution >= 4 is 15.8 Å². The molecule has 4 heterocycles. The monoisotopic (exact) mass is 1040 g/mol. The lowest BCUT2D eigenvalue weighted by Crippen LogP contribution is -2.61.